The van der Waals surface area contributed by atoms with Gasteiger partial charge in [0.05, 0.1) is 27.4 Å². The van der Waals surface area contributed by atoms with Gasteiger partial charge < -0.3 is 24.0 Å². The summed E-state index contributed by atoms with van der Waals surface area (Å²) in [5.41, 5.74) is 2.76. The molecular weight excluding hydrogens is 488 g/mol. The van der Waals surface area contributed by atoms with Crippen LogP contribution in [-0.4, -0.2) is 69.2 Å². The van der Waals surface area contributed by atoms with E-state index in [9.17, 15) is 9.59 Å². The highest BCUT2D eigenvalue weighted by molar-refractivity contribution is 7.09. The average Bonchev–Trinajstić information content (AvgIpc) is 3.45. The van der Waals surface area contributed by atoms with E-state index in [1.54, 1.807) is 37.6 Å². The number of aryl methyl sites for hydroxylation is 1. The Morgan fingerprint density at radius 3 is 2.22 bits per heavy atom. The molecule has 0 radical (unpaired) electrons. The zero-order valence-corrected chi connectivity index (χ0v) is 22.9. The molecule has 0 bridgehead atoms. The van der Waals surface area contributed by atoms with E-state index < -0.39 is 0 Å². The average molecular weight is 525 g/mol. The number of benzene rings is 2. The van der Waals surface area contributed by atoms with Gasteiger partial charge >= 0.3 is 0 Å². The largest absolute Gasteiger partial charge is 0.493 e. The molecular formula is C29H36N2O5S. The topological polar surface area (TPSA) is 68.3 Å². The van der Waals surface area contributed by atoms with Gasteiger partial charge in [-0.05, 0) is 59.7 Å². The minimum atomic E-state index is -0.177. The van der Waals surface area contributed by atoms with Crippen LogP contribution >= 0.6 is 11.3 Å². The Morgan fingerprint density at radius 1 is 0.865 bits per heavy atom. The van der Waals surface area contributed by atoms with E-state index >= 15 is 0 Å². The zero-order valence-electron chi connectivity index (χ0n) is 22.1. The van der Waals surface area contributed by atoms with Crippen molar-refractivity contribution >= 4 is 23.2 Å². The SMILES string of the molecule is CCc1ccc(C(=O)N(CCOC)CC(=O)N(CCc2ccc(OC)c(OC)c2)Cc2cccs2)cc1. The standard InChI is InChI=1S/C29H36N2O5S/c1-5-22-8-11-24(12-9-22)29(33)31(16-17-34-2)21-28(32)30(20-25-7-6-18-37-25)15-14-23-10-13-26(35-3)27(19-23)36-4/h6-13,18-19H,5,14-17,20-21H2,1-4H3. The molecule has 0 aliphatic heterocycles. The molecule has 0 fully saturated rings. The Labute approximate surface area is 223 Å². The van der Waals surface area contributed by atoms with Gasteiger partial charge in [-0.25, -0.2) is 0 Å². The van der Waals surface area contributed by atoms with Gasteiger partial charge in [-0.2, -0.15) is 0 Å². The molecule has 1 aromatic heterocycles. The van der Waals surface area contributed by atoms with Crippen LogP contribution in [0.3, 0.4) is 0 Å². The monoisotopic (exact) mass is 524 g/mol. The number of amides is 2. The van der Waals surface area contributed by atoms with Crippen LogP contribution < -0.4 is 9.47 Å². The molecule has 7 nitrogen and oxygen atoms in total. The van der Waals surface area contributed by atoms with Crippen LogP contribution in [0.25, 0.3) is 0 Å². The van der Waals surface area contributed by atoms with E-state index in [1.165, 1.54) is 0 Å². The summed E-state index contributed by atoms with van der Waals surface area (Å²) >= 11 is 1.61. The highest BCUT2D eigenvalue weighted by Gasteiger charge is 2.23. The van der Waals surface area contributed by atoms with E-state index in [-0.39, 0.29) is 18.4 Å². The molecule has 2 amide bonds. The third kappa shape index (κ3) is 8.06. The maximum absolute atomic E-state index is 13.6. The number of methoxy groups -OCH3 is 3. The summed E-state index contributed by atoms with van der Waals surface area (Å²) in [6.07, 6.45) is 1.54. The van der Waals surface area contributed by atoms with Gasteiger partial charge in [0.15, 0.2) is 11.5 Å². The van der Waals surface area contributed by atoms with Crippen molar-refractivity contribution in [3.63, 3.8) is 0 Å². The molecule has 0 spiro atoms. The lowest BCUT2D eigenvalue weighted by molar-refractivity contribution is -0.132. The predicted molar refractivity (Wildman–Crippen MR) is 147 cm³/mol. The number of thiophene rings is 1. The summed E-state index contributed by atoms with van der Waals surface area (Å²) in [4.78, 5) is 31.4. The van der Waals surface area contributed by atoms with E-state index in [0.717, 1.165) is 22.4 Å². The summed E-state index contributed by atoms with van der Waals surface area (Å²) in [6.45, 7) is 3.73. The molecule has 0 atom stereocenters. The number of carbonyl (C=O) groups excluding carboxylic acids is 2. The van der Waals surface area contributed by atoms with Crippen molar-refractivity contribution < 1.29 is 23.8 Å². The fourth-order valence-electron chi connectivity index (χ4n) is 3.97. The molecule has 1 heterocycles. The first-order valence-electron chi connectivity index (χ1n) is 12.4. The molecule has 0 unspecified atom stereocenters. The van der Waals surface area contributed by atoms with Crippen LogP contribution in [0.1, 0.15) is 33.3 Å². The van der Waals surface area contributed by atoms with Crippen molar-refractivity contribution in [3.8, 4) is 11.5 Å². The summed E-state index contributed by atoms with van der Waals surface area (Å²) in [5, 5.41) is 2.00. The molecule has 3 rings (SSSR count). The second-order valence-corrected chi connectivity index (χ2v) is 9.64. The minimum Gasteiger partial charge on any atom is -0.493 e. The molecule has 0 saturated carbocycles. The number of hydrogen-bond acceptors (Lipinski definition) is 6. The van der Waals surface area contributed by atoms with Crippen LogP contribution in [-0.2, 0) is 28.9 Å². The quantitative estimate of drug-likeness (QED) is 0.306. The fraction of sp³-hybridized carbons (Fsp3) is 0.379. The van der Waals surface area contributed by atoms with Crippen LogP contribution in [0.5, 0.6) is 11.5 Å². The Morgan fingerprint density at radius 2 is 1.59 bits per heavy atom. The van der Waals surface area contributed by atoms with Crippen molar-refractivity contribution in [3.05, 3.63) is 81.5 Å². The summed E-state index contributed by atoms with van der Waals surface area (Å²) in [5.74, 6) is 1.03. The molecule has 0 aliphatic carbocycles. The molecule has 3 aromatic rings. The van der Waals surface area contributed by atoms with Gasteiger partial charge in [0.2, 0.25) is 5.91 Å². The maximum atomic E-state index is 13.6. The molecule has 37 heavy (non-hydrogen) atoms. The van der Waals surface area contributed by atoms with E-state index in [0.29, 0.717) is 49.7 Å². The zero-order chi connectivity index (χ0) is 26.6. The molecule has 0 saturated heterocycles. The number of rotatable bonds is 14. The predicted octanol–water partition coefficient (Wildman–Crippen LogP) is 4.69. The Bertz CT molecular complexity index is 1130. The Hall–Kier alpha value is -3.36. The van der Waals surface area contributed by atoms with E-state index in [1.807, 2.05) is 64.9 Å². The lowest BCUT2D eigenvalue weighted by Crippen LogP contribution is -2.44. The van der Waals surface area contributed by atoms with Crippen molar-refractivity contribution in [1.29, 1.82) is 0 Å². The van der Waals surface area contributed by atoms with Gasteiger partial charge in [-0.15, -0.1) is 11.3 Å². The van der Waals surface area contributed by atoms with Crippen molar-refractivity contribution in [2.45, 2.75) is 26.3 Å². The number of ether oxygens (including phenoxy) is 3. The van der Waals surface area contributed by atoms with Gasteiger partial charge in [-0.3, -0.25) is 9.59 Å². The lowest BCUT2D eigenvalue weighted by Gasteiger charge is -2.28. The number of carbonyl (C=O) groups is 2. The Balaban J connectivity index is 1.76. The van der Waals surface area contributed by atoms with E-state index in [2.05, 4.69) is 6.92 Å². The minimum absolute atomic E-state index is 0.0188. The van der Waals surface area contributed by atoms with Crippen LogP contribution in [0.15, 0.2) is 60.0 Å². The van der Waals surface area contributed by atoms with Crippen molar-refractivity contribution in [1.82, 2.24) is 9.80 Å². The molecule has 0 aliphatic rings. The molecule has 198 valence electrons. The summed E-state index contributed by atoms with van der Waals surface area (Å²) in [7, 11) is 4.80. The van der Waals surface area contributed by atoms with Gasteiger partial charge in [0, 0.05) is 30.6 Å². The smallest absolute Gasteiger partial charge is 0.254 e. The second kappa shape index (κ2) is 14.4. The van der Waals surface area contributed by atoms with Crippen molar-refractivity contribution in [2.24, 2.45) is 0 Å². The van der Waals surface area contributed by atoms with Gasteiger partial charge in [0.25, 0.3) is 5.91 Å². The highest BCUT2D eigenvalue weighted by atomic mass is 32.1. The summed E-state index contributed by atoms with van der Waals surface area (Å²) < 4.78 is 16.0. The second-order valence-electron chi connectivity index (χ2n) is 8.60. The molecule has 0 N–H and O–H groups in total. The fourth-order valence-corrected chi connectivity index (χ4v) is 4.68. The normalized spacial score (nSPS) is 10.7. The van der Waals surface area contributed by atoms with Gasteiger partial charge in [-0.1, -0.05) is 31.2 Å². The third-order valence-corrected chi connectivity index (χ3v) is 7.05. The number of nitrogens with zero attached hydrogens (tertiary/aromatic N) is 2. The molecule has 8 heteroatoms. The number of hydrogen-bond donors (Lipinski definition) is 0. The first kappa shape index (κ1) is 28.2. The first-order chi connectivity index (χ1) is 18.0. The lowest BCUT2D eigenvalue weighted by atomic mass is 10.1. The summed E-state index contributed by atoms with van der Waals surface area (Å²) in [6, 6.07) is 17.3. The Kier molecular flexibility index (Phi) is 11.0. The molecule has 2 aromatic carbocycles. The van der Waals surface area contributed by atoms with E-state index in [4.69, 9.17) is 14.2 Å². The van der Waals surface area contributed by atoms with Crippen LogP contribution in [0.4, 0.5) is 0 Å². The van der Waals surface area contributed by atoms with Crippen LogP contribution in [0, 0.1) is 0 Å². The van der Waals surface area contributed by atoms with Crippen LogP contribution in [0.2, 0.25) is 0 Å². The van der Waals surface area contributed by atoms with Crippen molar-refractivity contribution in [2.75, 3.05) is 47.6 Å². The highest BCUT2D eigenvalue weighted by Crippen LogP contribution is 2.28. The third-order valence-electron chi connectivity index (χ3n) is 6.19. The maximum Gasteiger partial charge on any atom is 0.254 e. The van der Waals surface area contributed by atoms with Gasteiger partial charge in [0.1, 0.15) is 6.54 Å². The first-order valence-corrected chi connectivity index (χ1v) is 13.2.